The molecule has 0 unspecified atom stereocenters. The number of carbonyl (C=O) groups is 1. The molecule has 0 radical (unpaired) electrons. The summed E-state index contributed by atoms with van der Waals surface area (Å²) in [6.45, 7) is 9.63. The predicted molar refractivity (Wildman–Crippen MR) is 71.2 cm³/mol. The molecule has 2 aliphatic rings. The van der Waals surface area contributed by atoms with Crippen LogP contribution in [0.3, 0.4) is 0 Å². The first-order valence-corrected chi connectivity index (χ1v) is 7.20. The second-order valence-electron chi connectivity index (χ2n) is 6.17. The van der Waals surface area contributed by atoms with Gasteiger partial charge in [-0.25, -0.2) is 0 Å². The Kier molecular flexibility index (Phi) is 4.28. The van der Waals surface area contributed by atoms with E-state index in [1.807, 2.05) is 0 Å². The van der Waals surface area contributed by atoms with Crippen LogP contribution in [0.25, 0.3) is 0 Å². The summed E-state index contributed by atoms with van der Waals surface area (Å²) in [6, 6.07) is 0.737. The molecule has 1 N–H and O–H groups in total. The molecule has 1 heterocycles. The summed E-state index contributed by atoms with van der Waals surface area (Å²) in [5, 5.41) is 9.30. The van der Waals surface area contributed by atoms with Crippen LogP contribution in [0.2, 0.25) is 0 Å². The summed E-state index contributed by atoms with van der Waals surface area (Å²) in [5.41, 5.74) is 0. The van der Waals surface area contributed by atoms with Gasteiger partial charge in [0.05, 0.1) is 0 Å². The fraction of sp³-hybridized carbons (Fsp3) is 0.929. The van der Waals surface area contributed by atoms with Gasteiger partial charge in [0.15, 0.2) is 0 Å². The summed E-state index contributed by atoms with van der Waals surface area (Å²) >= 11 is 0. The van der Waals surface area contributed by atoms with Gasteiger partial charge in [0.2, 0.25) is 0 Å². The zero-order valence-corrected chi connectivity index (χ0v) is 11.8. The van der Waals surface area contributed by atoms with Gasteiger partial charge < -0.3 is 10.0 Å². The first kappa shape index (κ1) is 13.8. The molecule has 0 aromatic carbocycles. The van der Waals surface area contributed by atoms with Gasteiger partial charge in [0.1, 0.15) is 6.10 Å². The summed E-state index contributed by atoms with van der Waals surface area (Å²) < 4.78 is 0. The second kappa shape index (κ2) is 5.57. The van der Waals surface area contributed by atoms with Crippen molar-refractivity contribution in [1.29, 1.82) is 0 Å². The molecular weight excluding hydrogens is 228 g/mol. The normalized spacial score (nSPS) is 31.3. The fourth-order valence-corrected chi connectivity index (χ4v) is 3.04. The quantitative estimate of drug-likeness (QED) is 0.815. The van der Waals surface area contributed by atoms with E-state index in [2.05, 4.69) is 18.7 Å². The summed E-state index contributed by atoms with van der Waals surface area (Å²) in [7, 11) is 0. The summed E-state index contributed by atoms with van der Waals surface area (Å²) in [5.74, 6) is 1.58. The molecule has 2 rings (SSSR count). The highest BCUT2D eigenvalue weighted by Crippen LogP contribution is 2.37. The van der Waals surface area contributed by atoms with E-state index in [0.717, 1.165) is 44.1 Å². The third kappa shape index (κ3) is 2.86. The van der Waals surface area contributed by atoms with Crippen molar-refractivity contribution in [3.8, 4) is 0 Å². The van der Waals surface area contributed by atoms with E-state index in [-0.39, 0.29) is 5.91 Å². The van der Waals surface area contributed by atoms with E-state index in [1.54, 1.807) is 11.8 Å². The van der Waals surface area contributed by atoms with Crippen LogP contribution in [0.4, 0.5) is 0 Å². The van der Waals surface area contributed by atoms with Gasteiger partial charge in [0.25, 0.3) is 5.91 Å². The molecule has 1 aliphatic carbocycles. The summed E-state index contributed by atoms with van der Waals surface area (Å²) in [6.07, 6.45) is 1.79. The highest BCUT2D eigenvalue weighted by Gasteiger charge is 2.36. The molecule has 0 aromatic rings. The van der Waals surface area contributed by atoms with Crippen molar-refractivity contribution in [2.75, 3.05) is 26.2 Å². The Labute approximate surface area is 110 Å². The van der Waals surface area contributed by atoms with Crippen LogP contribution in [0.5, 0.6) is 0 Å². The molecule has 4 nitrogen and oxygen atoms in total. The largest absolute Gasteiger partial charge is 0.384 e. The van der Waals surface area contributed by atoms with Gasteiger partial charge in [-0.3, -0.25) is 9.69 Å². The van der Waals surface area contributed by atoms with E-state index in [9.17, 15) is 9.90 Å². The molecule has 0 aromatic heterocycles. The van der Waals surface area contributed by atoms with Crippen LogP contribution in [0, 0.1) is 11.8 Å². The summed E-state index contributed by atoms with van der Waals surface area (Å²) in [4.78, 5) is 16.0. The maximum absolute atomic E-state index is 11.7. The number of aliphatic hydroxyl groups excluding tert-OH is 1. The van der Waals surface area contributed by atoms with Crippen LogP contribution in [0.15, 0.2) is 0 Å². The van der Waals surface area contributed by atoms with Gasteiger partial charge in [-0.15, -0.1) is 0 Å². The molecule has 4 heteroatoms. The smallest absolute Gasteiger partial charge is 0.251 e. The molecule has 0 spiro atoms. The second-order valence-corrected chi connectivity index (χ2v) is 6.17. The molecule has 1 saturated carbocycles. The van der Waals surface area contributed by atoms with E-state index in [1.165, 1.54) is 12.8 Å². The maximum atomic E-state index is 11.7. The number of amides is 1. The lowest BCUT2D eigenvalue weighted by Crippen LogP contribution is -2.56. The van der Waals surface area contributed by atoms with Crippen molar-refractivity contribution >= 4 is 5.91 Å². The molecule has 18 heavy (non-hydrogen) atoms. The molecule has 2 fully saturated rings. The van der Waals surface area contributed by atoms with Crippen LogP contribution in [-0.2, 0) is 4.79 Å². The van der Waals surface area contributed by atoms with Crippen LogP contribution in [-0.4, -0.2) is 59.1 Å². The molecular formula is C14H26N2O2. The number of aliphatic hydroxyl groups is 1. The molecule has 1 saturated heterocycles. The maximum Gasteiger partial charge on any atom is 0.251 e. The third-order valence-electron chi connectivity index (χ3n) is 4.59. The highest BCUT2D eigenvalue weighted by atomic mass is 16.3. The Balaban J connectivity index is 1.73. The zero-order valence-electron chi connectivity index (χ0n) is 11.8. The predicted octanol–water partition coefficient (Wildman–Crippen LogP) is 0.946. The fourth-order valence-electron chi connectivity index (χ4n) is 3.04. The van der Waals surface area contributed by atoms with Crippen molar-refractivity contribution in [3.05, 3.63) is 0 Å². The van der Waals surface area contributed by atoms with Crippen molar-refractivity contribution in [1.82, 2.24) is 9.80 Å². The van der Waals surface area contributed by atoms with Crippen LogP contribution < -0.4 is 0 Å². The topological polar surface area (TPSA) is 43.8 Å². The lowest BCUT2D eigenvalue weighted by molar-refractivity contribution is -0.141. The van der Waals surface area contributed by atoms with Crippen molar-refractivity contribution < 1.29 is 9.90 Å². The lowest BCUT2D eigenvalue weighted by Gasteiger charge is -2.47. The number of hydrogen-bond donors (Lipinski definition) is 1. The van der Waals surface area contributed by atoms with Crippen molar-refractivity contribution in [2.24, 2.45) is 11.8 Å². The van der Waals surface area contributed by atoms with Gasteiger partial charge in [-0.1, -0.05) is 13.8 Å². The molecule has 104 valence electrons. The monoisotopic (exact) mass is 254 g/mol. The third-order valence-corrected chi connectivity index (χ3v) is 4.59. The number of hydrogen-bond acceptors (Lipinski definition) is 3. The van der Waals surface area contributed by atoms with Gasteiger partial charge in [-0.2, -0.15) is 0 Å². The average Bonchev–Trinajstić information content (AvgIpc) is 2.26. The minimum atomic E-state index is -0.856. The lowest BCUT2D eigenvalue weighted by atomic mass is 9.73. The Hall–Kier alpha value is -0.610. The SMILES string of the molecule is CC(C)C1CC(N2CCN(C(=O)[C@H](C)O)CC2)C1. The number of nitrogens with zero attached hydrogens (tertiary/aromatic N) is 2. The zero-order chi connectivity index (χ0) is 13.3. The van der Waals surface area contributed by atoms with Gasteiger partial charge >= 0.3 is 0 Å². The van der Waals surface area contributed by atoms with Crippen LogP contribution >= 0.6 is 0 Å². The van der Waals surface area contributed by atoms with E-state index < -0.39 is 6.10 Å². The molecule has 1 amide bonds. The first-order valence-electron chi connectivity index (χ1n) is 7.20. The molecule has 1 atom stereocenters. The van der Waals surface area contributed by atoms with E-state index in [4.69, 9.17) is 0 Å². The number of piperazine rings is 1. The number of carbonyl (C=O) groups excluding carboxylic acids is 1. The van der Waals surface area contributed by atoms with E-state index >= 15 is 0 Å². The minimum absolute atomic E-state index is 0.122. The van der Waals surface area contributed by atoms with E-state index in [0.29, 0.717) is 0 Å². The minimum Gasteiger partial charge on any atom is -0.384 e. The molecule has 1 aliphatic heterocycles. The highest BCUT2D eigenvalue weighted by molar-refractivity contribution is 5.80. The Bertz CT molecular complexity index is 290. The van der Waals surface area contributed by atoms with Crippen molar-refractivity contribution in [2.45, 2.75) is 45.8 Å². The van der Waals surface area contributed by atoms with Gasteiger partial charge in [0, 0.05) is 32.2 Å². The van der Waals surface area contributed by atoms with Gasteiger partial charge in [-0.05, 0) is 31.6 Å². The Morgan fingerprint density at radius 2 is 1.67 bits per heavy atom. The first-order chi connectivity index (χ1) is 8.49. The van der Waals surface area contributed by atoms with Crippen molar-refractivity contribution in [3.63, 3.8) is 0 Å². The Morgan fingerprint density at radius 3 is 2.11 bits per heavy atom. The average molecular weight is 254 g/mol. The number of rotatable bonds is 3. The molecule has 0 bridgehead atoms. The van der Waals surface area contributed by atoms with Crippen LogP contribution in [0.1, 0.15) is 33.6 Å². The Morgan fingerprint density at radius 1 is 1.11 bits per heavy atom. The standard InChI is InChI=1S/C14H26N2O2/c1-10(2)12-8-13(9-12)15-4-6-16(7-5-15)14(18)11(3)17/h10-13,17H,4-9H2,1-3H3/t11-,12?,13?/m0/s1.